The van der Waals surface area contributed by atoms with Crippen molar-refractivity contribution in [2.75, 3.05) is 5.32 Å². The van der Waals surface area contributed by atoms with Gasteiger partial charge in [0.25, 0.3) is 0 Å². The van der Waals surface area contributed by atoms with Crippen molar-refractivity contribution in [3.8, 4) is 11.3 Å². The van der Waals surface area contributed by atoms with Crippen LogP contribution in [0.3, 0.4) is 0 Å². The van der Waals surface area contributed by atoms with Gasteiger partial charge in [0.15, 0.2) is 5.13 Å². The molecule has 1 amide bonds. The van der Waals surface area contributed by atoms with E-state index < -0.39 is 0 Å². The lowest BCUT2D eigenvalue weighted by molar-refractivity contribution is -0.111. The van der Waals surface area contributed by atoms with Crippen LogP contribution in [0.25, 0.3) is 17.3 Å². The van der Waals surface area contributed by atoms with E-state index >= 15 is 0 Å². The maximum atomic E-state index is 12.1. The number of rotatable bonds is 5. The third-order valence-electron chi connectivity index (χ3n) is 3.83. The molecule has 3 nitrogen and oxygen atoms in total. The fourth-order valence-corrected chi connectivity index (χ4v) is 3.11. The Morgan fingerprint density at radius 2 is 1.80 bits per heavy atom. The summed E-state index contributed by atoms with van der Waals surface area (Å²) in [4.78, 5) is 16.5. The summed E-state index contributed by atoms with van der Waals surface area (Å²) < 4.78 is 0. The highest BCUT2D eigenvalue weighted by Crippen LogP contribution is 2.24. The number of nitrogens with zero attached hydrogens (tertiary/aromatic N) is 1. The molecular weight excluding hydrogens is 328 g/mol. The van der Waals surface area contributed by atoms with Crippen LogP contribution in [0.5, 0.6) is 0 Å². The molecule has 126 valence electrons. The normalized spacial score (nSPS) is 11.2. The average molecular weight is 348 g/mol. The molecule has 0 aliphatic heterocycles. The molecule has 1 heterocycles. The van der Waals surface area contributed by atoms with Gasteiger partial charge in [0.2, 0.25) is 5.91 Å². The fraction of sp³-hybridized carbons (Fsp3) is 0.143. The minimum absolute atomic E-state index is 0.179. The molecule has 25 heavy (non-hydrogen) atoms. The van der Waals surface area contributed by atoms with Crippen LogP contribution in [0.2, 0.25) is 0 Å². The van der Waals surface area contributed by atoms with Gasteiger partial charge < -0.3 is 0 Å². The molecule has 0 atom stereocenters. The van der Waals surface area contributed by atoms with Crippen molar-refractivity contribution in [1.82, 2.24) is 4.98 Å². The maximum Gasteiger partial charge on any atom is 0.250 e. The van der Waals surface area contributed by atoms with Gasteiger partial charge in [-0.15, -0.1) is 11.3 Å². The highest BCUT2D eigenvalue weighted by Gasteiger charge is 2.06. The highest BCUT2D eigenvalue weighted by molar-refractivity contribution is 7.14. The van der Waals surface area contributed by atoms with E-state index in [0.717, 1.165) is 16.8 Å². The number of hydrogen-bond donors (Lipinski definition) is 1. The first kappa shape index (κ1) is 17.1. The first-order valence-corrected chi connectivity index (χ1v) is 9.10. The summed E-state index contributed by atoms with van der Waals surface area (Å²) in [6.45, 7) is 4.33. The first-order valence-electron chi connectivity index (χ1n) is 8.22. The second kappa shape index (κ2) is 7.90. The lowest BCUT2D eigenvalue weighted by atomic mass is 10.0. The van der Waals surface area contributed by atoms with E-state index in [0.29, 0.717) is 11.0 Å². The molecule has 0 spiro atoms. The van der Waals surface area contributed by atoms with E-state index in [1.165, 1.54) is 23.0 Å². The molecular formula is C21H20N2OS. The molecule has 2 aromatic carbocycles. The number of amides is 1. The quantitative estimate of drug-likeness (QED) is 0.611. The van der Waals surface area contributed by atoms with E-state index in [4.69, 9.17) is 0 Å². The molecule has 1 aromatic heterocycles. The first-order chi connectivity index (χ1) is 12.1. The van der Waals surface area contributed by atoms with Crippen molar-refractivity contribution >= 4 is 28.5 Å². The largest absolute Gasteiger partial charge is 0.298 e. The zero-order valence-electron chi connectivity index (χ0n) is 14.3. The molecule has 4 heteroatoms. The Morgan fingerprint density at radius 3 is 2.48 bits per heavy atom. The van der Waals surface area contributed by atoms with Crippen LogP contribution in [0.15, 0.2) is 66.1 Å². The summed E-state index contributed by atoms with van der Waals surface area (Å²) in [5, 5.41) is 5.36. The van der Waals surface area contributed by atoms with Gasteiger partial charge in [-0.25, -0.2) is 4.98 Å². The average Bonchev–Trinajstić information content (AvgIpc) is 3.09. The van der Waals surface area contributed by atoms with Crippen molar-refractivity contribution in [2.24, 2.45) is 0 Å². The molecule has 0 bridgehead atoms. The maximum absolute atomic E-state index is 12.1. The van der Waals surface area contributed by atoms with Gasteiger partial charge in [-0.05, 0) is 23.1 Å². The summed E-state index contributed by atoms with van der Waals surface area (Å²) in [6, 6.07) is 18.1. The molecule has 0 aliphatic rings. The number of thiazole rings is 1. The van der Waals surface area contributed by atoms with E-state index in [1.807, 2.05) is 53.9 Å². The van der Waals surface area contributed by atoms with Crippen LogP contribution in [0.4, 0.5) is 5.13 Å². The van der Waals surface area contributed by atoms with E-state index in [-0.39, 0.29) is 5.91 Å². The predicted molar refractivity (Wildman–Crippen MR) is 106 cm³/mol. The Labute approximate surface area is 152 Å². The number of nitrogens with one attached hydrogen (secondary N) is 1. The Balaban J connectivity index is 1.62. The van der Waals surface area contributed by atoms with Crippen molar-refractivity contribution in [1.29, 1.82) is 0 Å². The molecule has 1 N–H and O–H groups in total. The molecule has 0 unspecified atom stereocenters. The van der Waals surface area contributed by atoms with Crippen molar-refractivity contribution in [3.63, 3.8) is 0 Å². The second-order valence-electron chi connectivity index (χ2n) is 6.05. The second-order valence-corrected chi connectivity index (χ2v) is 6.91. The topological polar surface area (TPSA) is 42.0 Å². The lowest BCUT2D eigenvalue weighted by Gasteiger charge is -2.04. The molecule has 0 fully saturated rings. The smallest absolute Gasteiger partial charge is 0.250 e. The minimum atomic E-state index is -0.179. The monoisotopic (exact) mass is 348 g/mol. The van der Waals surface area contributed by atoms with Gasteiger partial charge in [0.05, 0.1) is 5.69 Å². The Kier molecular flexibility index (Phi) is 5.41. The summed E-state index contributed by atoms with van der Waals surface area (Å²) >= 11 is 1.42. The molecule has 0 aliphatic carbocycles. The Hall–Kier alpha value is -2.72. The third-order valence-corrected chi connectivity index (χ3v) is 4.59. The van der Waals surface area contributed by atoms with Gasteiger partial charge in [-0.1, -0.05) is 68.4 Å². The summed E-state index contributed by atoms with van der Waals surface area (Å²) in [6.07, 6.45) is 3.35. The van der Waals surface area contributed by atoms with Crippen LogP contribution in [-0.2, 0) is 4.79 Å². The van der Waals surface area contributed by atoms with Gasteiger partial charge in [-0.2, -0.15) is 0 Å². The van der Waals surface area contributed by atoms with Crippen LogP contribution < -0.4 is 5.32 Å². The number of aromatic nitrogens is 1. The van der Waals surface area contributed by atoms with E-state index in [2.05, 4.69) is 36.3 Å². The van der Waals surface area contributed by atoms with Crippen LogP contribution in [0.1, 0.15) is 30.9 Å². The van der Waals surface area contributed by atoms with Crippen molar-refractivity contribution in [3.05, 3.63) is 77.2 Å². The number of anilines is 1. The zero-order chi connectivity index (χ0) is 17.6. The Bertz CT molecular complexity index is 864. The van der Waals surface area contributed by atoms with Gasteiger partial charge in [0, 0.05) is 17.0 Å². The highest BCUT2D eigenvalue weighted by atomic mass is 32.1. The molecule has 0 saturated carbocycles. The summed E-state index contributed by atoms with van der Waals surface area (Å²) in [7, 11) is 0. The SMILES string of the molecule is CC(C)c1ccc(/C=C/C(=O)Nc2nc(-c3ccccc3)cs2)cc1. The minimum Gasteiger partial charge on any atom is -0.298 e. The van der Waals surface area contributed by atoms with Crippen LogP contribution in [-0.4, -0.2) is 10.9 Å². The predicted octanol–water partition coefficient (Wildman–Crippen LogP) is 5.59. The molecule has 0 radical (unpaired) electrons. The summed E-state index contributed by atoms with van der Waals surface area (Å²) in [5.41, 5.74) is 4.20. The molecule has 3 aromatic rings. The van der Waals surface area contributed by atoms with E-state index in [1.54, 1.807) is 0 Å². The molecule has 0 saturated heterocycles. The van der Waals surface area contributed by atoms with Gasteiger partial charge >= 0.3 is 0 Å². The van der Waals surface area contributed by atoms with Crippen molar-refractivity contribution < 1.29 is 4.79 Å². The third kappa shape index (κ3) is 4.64. The van der Waals surface area contributed by atoms with Gasteiger partial charge in [-0.3, -0.25) is 10.1 Å². The van der Waals surface area contributed by atoms with E-state index in [9.17, 15) is 4.79 Å². The number of hydrogen-bond acceptors (Lipinski definition) is 3. The number of carbonyl (C=O) groups is 1. The van der Waals surface area contributed by atoms with Crippen molar-refractivity contribution in [2.45, 2.75) is 19.8 Å². The standard InChI is InChI=1S/C21H20N2OS/c1-15(2)17-11-8-16(9-12-17)10-13-20(24)23-21-22-19(14-25-21)18-6-4-3-5-7-18/h3-15H,1-2H3,(H,22,23,24)/b13-10+. The molecule has 3 rings (SSSR count). The number of benzene rings is 2. The van der Waals surface area contributed by atoms with Crippen LogP contribution in [0, 0.1) is 0 Å². The number of carbonyl (C=O) groups excluding carboxylic acids is 1. The Morgan fingerprint density at radius 1 is 1.08 bits per heavy atom. The summed E-state index contributed by atoms with van der Waals surface area (Å²) in [5.74, 6) is 0.326. The van der Waals surface area contributed by atoms with Crippen LogP contribution >= 0.6 is 11.3 Å². The zero-order valence-corrected chi connectivity index (χ0v) is 15.1. The lowest BCUT2D eigenvalue weighted by Crippen LogP contribution is -2.07. The van der Waals surface area contributed by atoms with Gasteiger partial charge in [0.1, 0.15) is 0 Å². The fourth-order valence-electron chi connectivity index (χ4n) is 2.38.